The van der Waals surface area contributed by atoms with Gasteiger partial charge in [0.15, 0.2) is 5.13 Å². The van der Waals surface area contributed by atoms with E-state index in [9.17, 15) is 14.7 Å². The molecule has 0 radical (unpaired) electrons. The Morgan fingerprint density at radius 3 is 2.43 bits per heavy atom. The van der Waals surface area contributed by atoms with Gasteiger partial charge in [-0.15, -0.1) is 11.3 Å². The Morgan fingerprint density at radius 2 is 1.82 bits per heavy atom. The highest BCUT2D eigenvalue weighted by Gasteiger charge is 2.36. The molecule has 0 bridgehead atoms. The number of hydrogen-bond donors (Lipinski definition) is 2. The number of carboxylic acids is 1. The lowest BCUT2D eigenvalue weighted by Gasteiger charge is -2.26. The number of amides is 1. The molecule has 0 spiro atoms. The third-order valence-electron chi connectivity index (χ3n) is 5.32. The molecular formula is C22H28N2O3S. The van der Waals surface area contributed by atoms with Gasteiger partial charge in [-0.2, -0.15) is 0 Å². The fourth-order valence-corrected chi connectivity index (χ4v) is 4.76. The molecule has 0 aliphatic heterocycles. The molecule has 28 heavy (non-hydrogen) atoms. The summed E-state index contributed by atoms with van der Waals surface area (Å²) in [5, 5.41) is 12.8. The second-order valence-electron chi connectivity index (χ2n) is 8.04. The molecule has 6 heteroatoms. The van der Waals surface area contributed by atoms with E-state index in [-0.39, 0.29) is 5.91 Å². The average molecular weight is 401 g/mol. The van der Waals surface area contributed by atoms with Crippen LogP contribution in [0.5, 0.6) is 0 Å². The van der Waals surface area contributed by atoms with Crippen molar-refractivity contribution in [2.45, 2.75) is 52.9 Å². The summed E-state index contributed by atoms with van der Waals surface area (Å²) in [6.07, 6.45) is 4.00. The number of carbonyl (C=O) groups is 2. The molecule has 0 unspecified atom stereocenters. The summed E-state index contributed by atoms with van der Waals surface area (Å²) >= 11 is 1.44. The van der Waals surface area contributed by atoms with Crippen LogP contribution in [0.4, 0.5) is 5.13 Å². The second-order valence-corrected chi connectivity index (χ2v) is 9.25. The Labute approximate surface area is 170 Å². The number of rotatable bonds is 6. The van der Waals surface area contributed by atoms with Crippen molar-refractivity contribution in [2.24, 2.45) is 17.8 Å². The number of anilines is 1. The van der Waals surface area contributed by atoms with E-state index < -0.39 is 17.8 Å². The van der Waals surface area contributed by atoms with Crippen molar-refractivity contribution in [3.63, 3.8) is 0 Å². The Bertz CT molecular complexity index is 842. The van der Waals surface area contributed by atoms with Gasteiger partial charge in [-0.05, 0) is 37.7 Å². The van der Waals surface area contributed by atoms with E-state index in [1.54, 1.807) is 0 Å². The lowest BCUT2D eigenvalue weighted by atomic mass is 9.79. The molecule has 150 valence electrons. The first-order valence-electron chi connectivity index (χ1n) is 9.95. The number of aromatic nitrogens is 1. The molecule has 1 fully saturated rings. The monoisotopic (exact) mass is 400 g/mol. The number of carbonyl (C=O) groups excluding carboxylic acids is 1. The fourth-order valence-electron chi connectivity index (χ4n) is 3.93. The third-order valence-corrected chi connectivity index (χ3v) is 6.20. The maximum absolute atomic E-state index is 12.7. The summed E-state index contributed by atoms with van der Waals surface area (Å²) in [6, 6.07) is 8.41. The van der Waals surface area contributed by atoms with Gasteiger partial charge in [0.1, 0.15) is 0 Å². The Morgan fingerprint density at radius 1 is 1.18 bits per heavy atom. The van der Waals surface area contributed by atoms with Crippen LogP contribution in [0.2, 0.25) is 0 Å². The lowest BCUT2D eigenvalue weighted by molar-refractivity contribution is -0.147. The molecule has 1 saturated carbocycles. The summed E-state index contributed by atoms with van der Waals surface area (Å²) in [6.45, 7) is 6.40. The summed E-state index contributed by atoms with van der Waals surface area (Å²) in [5.74, 6) is -1.56. The third kappa shape index (κ3) is 4.79. The molecule has 1 aliphatic carbocycles. The van der Waals surface area contributed by atoms with Gasteiger partial charge in [-0.1, -0.05) is 51.0 Å². The van der Waals surface area contributed by atoms with Gasteiger partial charge in [-0.3, -0.25) is 9.59 Å². The van der Waals surface area contributed by atoms with E-state index in [4.69, 9.17) is 0 Å². The Kier molecular flexibility index (Phi) is 6.50. The van der Waals surface area contributed by atoms with Gasteiger partial charge < -0.3 is 10.4 Å². The largest absolute Gasteiger partial charge is 0.481 e. The molecule has 5 nitrogen and oxygen atoms in total. The average Bonchev–Trinajstić information content (AvgIpc) is 3.02. The molecule has 0 saturated heterocycles. The van der Waals surface area contributed by atoms with Crippen LogP contribution < -0.4 is 5.32 Å². The zero-order valence-electron chi connectivity index (χ0n) is 16.7. The number of benzene rings is 1. The standard InChI is InChI=1S/C22H28N2O3S/c1-13(2)12-15-8-10-16(11-9-15)19-14(3)28-22(23-19)24-20(25)17-6-4-5-7-18(17)21(26)27/h8-11,13,17-18H,4-7,12H2,1-3H3,(H,26,27)(H,23,24,25)/t17-,18-/m1/s1. The summed E-state index contributed by atoms with van der Waals surface area (Å²) in [4.78, 5) is 29.8. The van der Waals surface area contributed by atoms with Crippen LogP contribution in [0.25, 0.3) is 11.3 Å². The van der Waals surface area contributed by atoms with Gasteiger partial charge in [0.25, 0.3) is 0 Å². The number of nitrogens with one attached hydrogen (secondary N) is 1. The SMILES string of the molecule is Cc1sc(NC(=O)[C@@H]2CCCC[C@H]2C(=O)O)nc1-c1ccc(CC(C)C)cc1. The lowest BCUT2D eigenvalue weighted by Crippen LogP contribution is -2.36. The predicted octanol–water partition coefficient (Wildman–Crippen LogP) is 5.15. The molecule has 2 atom stereocenters. The molecule has 2 N–H and O–H groups in total. The van der Waals surface area contributed by atoms with Gasteiger partial charge >= 0.3 is 5.97 Å². The van der Waals surface area contributed by atoms with E-state index in [0.29, 0.717) is 23.9 Å². The topological polar surface area (TPSA) is 79.3 Å². The number of thiazole rings is 1. The molecular weight excluding hydrogens is 372 g/mol. The molecule has 1 aliphatic rings. The summed E-state index contributed by atoms with van der Waals surface area (Å²) < 4.78 is 0. The van der Waals surface area contributed by atoms with Crippen LogP contribution in [0.15, 0.2) is 24.3 Å². The first kappa shape index (κ1) is 20.5. The van der Waals surface area contributed by atoms with Crippen LogP contribution in [-0.2, 0) is 16.0 Å². The first-order chi connectivity index (χ1) is 13.3. The fraction of sp³-hybridized carbons (Fsp3) is 0.500. The van der Waals surface area contributed by atoms with Crippen molar-refractivity contribution >= 4 is 28.3 Å². The minimum absolute atomic E-state index is 0.223. The zero-order chi connectivity index (χ0) is 20.3. The normalized spacial score (nSPS) is 19.6. The van der Waals surface area contributed by atoms with Crippen molar-refractivity contribution < 1.29 is 14.7 Å². The predicted molar refractivity (Wildman–Crippen MR) is 113 cm³/mol. The first-order valence-corrected chi connectivity index (χ1v) is 10.8. The molecule has 3 rings (SSSR count). The van der Waals surface area contributed by atoms with Crippen molar-refractivity contribution in [1.29, 1.82) is 0 Å². The molecule has 1 aromatic carbocycles. The second kappa shape index (κ2) is 8.86. The highest BCUT2D eigenvalue weighted by Crippen LogP contribution is 2.34. The van der Waals surface area contributed by atoms with Crippen LogP contribution in [-0.4, -0.2) is 22.0 Å². The minimum atomic E-state index is -0.877. The van der Waals surface area contributed by atoms with Crippen LogP contribution >= 0.6 is 11.3 Å². The minimum Gasteiger partial charge on any atom is -0.481 e. The molecule has 1 heterocycles. The number of hydrogen-bond acceptors (Lipinski definition) is 4. The van der Waals surface area contributed by atoms with Gasteiger partial charge in [0.05, 0.1) is 17.5 Å². The van der Waals surface area contributed by atoms with Gasteiger partial charge in [0.2, 0.25) is 5.91 Å². The van der Waals surface area contributed by atoms with E-state index in [2.05, 4.69) is 48.4 Å². The number of nitrogens with zero attached hydrogens (tertiary/aromatic N) is 1. The summed E-state index contributed by atoms with van der Waals surface area (Å²) in [5.41, 5.74) is 3.20. The highest BCUT2D eigenvalue weighted by atomic mass is 32.1. The van der Waals surface area contributed by atoms with Crippen molar-refractivity contribution in [1.82, 2.24) is 4.98 Å². The summed E-state index contributed by atoms with van der Waals surface area (Å²) in [7, 11) is 0. The number of aliphatic carboxylic acids is 1. The van der Waals surface area contributed by atoms with E-state index in [1.165, 1.54) is 16.9 Å². The number of carboxylic acid groups (broad SMARTS) is 1. The van der Waals surface area contributed by atoms with Crippen LogP contribution in [0.1, 0.15) is 50.0 Å². The van der Waals surface area contributed by atoms with Crippen molar-refractivity contribution in [3.05, 3.63) is 34.7 Å². The molecule has 1 aromatic heterocycles. The number of aryl methyl sites for hydroxylation is 1. The van der Waals surface area contributed by atoms with E-state index >= 15 is 0 Å². The van der Waals surface area contributed by atoms with Crippen molar-refractivity contribution in [2.75, 3.05) is 5.32 Å². The molecule has 1 amide bonds. The van der Waals surface area contributed by atoms with Crippen molar-refractivity contribution in [3.8, 4) is 11.3 Å². The quantitative estimate of drug-likeness (QED) is 0.703. The van der Waals surface area contributed by atoms with E-state index in [0.717, 1.165) is 35.4 Å². The Balaban J connectivity index is 1.73. The highest BCUT2D eigenvalue weighted by molar-refractivity contribution is 7.16. The van der Waals surface area contributed by atoms with E-state index in [1.807, 2.05) is 6.92 Å². The van der Waals surface area contributed by atoms with Gasteiger partial charge in [0, 0.05) is 10.4 Å². The smallest absolute Gasteiger partial charge is 0.307 e. The zero-order valence-corrected chi connectivity index (χ0v) is 17.5. The van der Waals surface area contributed by atoms with Gasteiger partial charge in [-0.25, -0.2) is 4.98 Å². The van der Waals surface area contributed by atoms with Crippen LogP contribution in [0.3, 0.4) is 0 Å². The maximum atomic E-state index is 12.7. The Hall–Kier alpha value is -2.21. The molecule has 2 aromatic rings. The van der Waals surface area contributed by atoms with Crippen LogP contribution in [0, 0.1) is 24.7 Å². The maximum Gasteiger partial charge on any atom is 0.307 e.